The number of fused-ring (bicyclic) bond motifs is 3. The summed E-state index contributed by atoms with van der Waals surface area (Å²) in [7, 11) is 0. The first-order valence-corrected chi connectivity index (χ1v) is 10.5. The highest BCUT2D eigenvalue weighted by Gasteiger charge is 2.18. The molecule has 0 fully saturated rings. The molecule has 0 atom stereocenters. The zero-order valence-electron chi connectivity index (χ0n) is 17.4. The second-order valence-electron chi connectivity index (χ2n) is 7.49. The first-order chi connectivity index (χ1) is 14.3. The second kappa shape index (κ2) is 12.8. The van der Waals surface area contributed by atoms with Crippen LogP contribution in [0.4, 0.5) is 0 Å². The number of nitrogens with zero attached hydrogens (tertiary/aromatic N) is 1. The minimum Gasteiger partial charge on any atom is -0.416 e. The highest BCUT2D eigenvalue weighted by Crippen LogP contribution is 2.27. The SMILES string of the molecule is NOC1=C2CC/C=C\CCCCON=C(CC1)C2.O.O=C1C=Cc2ccccc2C1. The Balaban J connectivity index is 0.000000229. The van der Waals surface area contributed by atoms with E-state index in [4.69, 9.17) is 15.6 Å². The number of oxime groups is 1. The van der Waals surface area contributed by atoms with Crippen molar-refractivity contribution in [1.29, 1.82) is 0 Å². The highest BCUT2D eigenvalue weighted by atomic mass is 16.6. The van der Waals surface area contributed by atoms with Gasteiger partial charge in [0.25, 0.3) is 0 Å². The molecule has 0 aromatic heterocycles. The van der Waals surface area contributed by atoms with E-state index in [0.717, 1.165) is 68.6 Å². The van der Waals surface area contributed by atoms with E-state index in [1.54, 1.807) is 6.08 Å². The van der Waals surface area contributed by atoms with Crippen LogP contribution in [0.25, 0.3) is 6.08 Å². The summed E-state index contributed by atoms with van der Waals surface area (Å²) in [6.45, 7) is 0.719. The molecular weight excluding hydrogens is 380 g/mol. The molecular formula is C24H32N2O4. The van der Waals surface area contributed by atoms with E-state index in [1.807, 2.05) is 30.3 Å². The van der Waals surface area contributed by atoms with Crippen molar-refractivity contribution in [2.75, 3.05) is 6.61 Å². The smallest absolute Gasteiger partial charge is 0.160 e. The number of hydrogen-bond donors (Lipinski definition) is 1. The van der Waals surface area contributed by atoms with E-state index in [1.165, 1.54) is 17.6 Å². The van der Waals surface area contributed by atoms with Crippen molar-refractivity contribution >= 4 is 17.6 Å². The lowest BCUT2D eigenvalue weighted by atomic mass is 9.92. The molecule has 30 heavy (non-hydrogen) atoms. The van der Waals surface area contributed by atoms with Crippen LogP contribution in [-0.2, 0) is 20.9 Å². The fraction of sp³-hybridized carbons (Fsp3) is 0.417. The fourth-order valence-corrected chi connectivity index (χ4v) is 3.66. The second-order valence-corrected chi connectivity index (χ2v) is 7.49. The van der Waals surface area contributed by atoms with Gasteiger partial charge in [-0.1, -0.05) is 47.6 Å². The molecule has 4 N–H and O–H groups in total. The van der Waals surface area contributed by atoms with Gasteiger partial charge in [0.1, 0.15) is 12.4 Å². The van der Waals surface area contributed by atoms with Crippen molar-refractivity contribution < 1.29 is 19.9 Å². The summed E-state index contributed by atoms with van der Waals surface area (Å²) in [6, 6.07) is 7.97. The van der Waals surface area contributed by atoms with E-state index in [2.05, 4.69) is 17.3 Å². The molecule has 6 heteroatoms. The maximum absolute atomic E-state index is 10.9. The Hall–Kier alpha value is -2.70. The van der Waals surface area contributed by atoms with Gasteiger partial charge in [-0.3, -0.25) is 4.79 Å². The molecule has 3 aliphatic rings. The summed E-state index contributed by atoms with van der Waals surface area (Å²) in [6.07, 6.45) is 16.6. The molecule has 1 heterocycles. The molecule has 0 saturated carbocycles. The molecule has 4 rings (SSSR count). The van der Waals surface area contributed by atoms with Gasteiger partial charge < -0.3 is 15.2 Å². The van der Waals surface area contributed by atoms with Gasteiger partial charge in [-0.25, -0.2) is 0 Å². The topological polar surface area (TPSA) is 105 Å². The van der Waals surface area contributed by atoms with Crippen molar-refractivity contribution in [2.24, 2.45) is 11.1 Å². The maximum Gasteiger partial charge on any atom is 0.160 e. The third-order valence-corrected chi connectivity index (χ3v) is 5.29. The first-order valence-electron chi connectivity index (χ1n) is 10.5. The van der Waals surface area contributed by atoms with Gasteiger partial charge in [-0.05, 0) is 61.3 Å². The molecule has 6 nitrogen and oxygen atoms in total. The van der Waals surface area contributed by atoms with Gasteiger partial charge >= 0.3 is 0 Å². The normalized spacial score (nSPS) is 19.8. The van der Waals surface area contributed by atoms with Gasteiger partial charge in [0, 0.05) is 19.3 Å². The van der Waals surface area contributed by atoms with E-state index < -0.39 is 0 Å². The molecule has 1 aromatic rings. The Morgan fingerprint density at radius 3 is 2.67 bits per heavy atom. The van der Waals surface area contributed by atoms with Gasteiger partial charge in [-0.15, -0.1) is 0 Å². The van der Waals surface area contributed by atoms with Crippen LogP contribution in [0.3, 0.4) is 0 Å². The molecule has 0 unspecified atom stereocenters. The molecule has 0 radical (unpaired) electrons. The third kappa shape index (κ3) is 7.28. The number of benzene rings is 1. The average Bonchev–Trinajstić information content (AvgIpc) is 2.76. The Labute approximate surface area is 178 Å². The summed E-state index contributed by atoms with van der Waals surface area (Å²) in [4.78, 5) is 21.3. The van der Waals surface area contributed by atoms with Gasteiger partial charge in [0.2, 0.25) is 0 Å². The Bertz CT molecular complexity index is 824. The summed E-state index contributed by atoms with van der Waals surface area (Å²) in [5.74, 6) is 6.47. The van der Waals surface area contributed by atoms with Crippen LogP contribution in [0.1, 0.15) is 62.5 Å². The average molecular weight is 413 g/mol. The lowest BCUT2D eigenvalue weighted by Gasteiger charge is -2.19. The molecule has 0 spiro atoms. The molecule has 0 amide bonds. The molecule has 162 valence electrons. The van der Waals surface area contributed by atoms with Crippen LogP contribution in [-0.4, -0.2) is 23.6 Å². The first kappa shape index (κ1) is 23.6. The van der Waals surface area contributed by atoms with Crippen molar-refractivity contribution in [2.45, 2.75) is 57.8 Å². The van der Waals surface area contributed by atoms with E-state index >= 15 is 0 Å². The third-order valence-electron chi connectivity index (χ3n) is 5.29. The monoisotopic (exact) mass is 412 g/mol. The van der Waals surface area contributed by atoms with Crippen LogP contribution in [0, 0.1) is 0 Å². The Morgan fingerprint density at radius 2 is 1.80 bits per heavy atom. The standard InChI is InChI=1S/C14H22N2O2.C10H8O.H2O/c15-18-14-9-8-13-11-12(14)7-5-3-1-2-4-6-10-17-16-13;11-10-6-5-8-3-1-2-4-9(8)7-10;/h1,3H,2,4-11,15H2;1-6H,7H2;1H2/b3-1-,16-13?;;. The van der Waals surface area contributed by atoms with E-state index in [-0.39, 0.29) is 11.3 Å². The van der Waals surface area contributed by atoms with Gasteiger partial charge in [0.15, 0.2) is 5.78 Å². The fourth-order valence-electron chi connectivity index (χ4n) is 3.66. The number of allylic oxidation sites excluding steroid dienone is 5. The molecule has 1 aromatic carbocycles. The quantitative estimate of drug-likeness (QED) is 0.551. The van der Waals surface area contributed by atoms with Crippen molar-refractivity contribution in [3.8, 4) is 0 Å². The van der Waals surface area contributed by atoms with Crippen LogP contribution in [0.5, 0.6) is 0 Å². The van der Waals surface area contributed by atoms with Crippen LogP contribution in [0.15, 0.2) is 59.0 Å². The van der Waals surface area contributed by atoms with Gasteiger partial charge in [-0.2, -0.15) is 5.90 Å². The number of carbonyl (C=O) groups excluding carboxylic acids is 1. The van der Waals surface area contributed by atoms with E-state index in [9.17, 15) is 4.79 Å². The minimum atomic E-state index is 0. The maximum atomic E-state index is 10.9. The van der Waals surface area contributed by atoms with Crippen molar-refractivity contribution in [3.63, 3.8) is 0 Å². The summed E-state index contributed by atoms with van der Waals surface area (Å²) in [5.41, 5.74) is 4.70. The predicted octanol–water partition coefficient (Wildman–Crippen LogP) is 4.21. The van der Waals surface area contributed by atoms with Crippen molar-refractivity contribution in [1.82, 2.24) is 0 Å². The predicted molar refractivity (Wildman–Crippen MR) is 120 cm³/mol. The van der Waals surface area contributed by atoms with Gasteiger partial charge in [0.05, 0.1) is 5.71 Å². The number of ketones is 1. The number of rotatable bonds is 1. The lowest BCUT2D eigenvalue weighted by Crippen LogP contribution is -2.14. The molecule has 2 bridgehead atoms. The molecule has 0 saturated heterocycles. The largest absolute Gasteiger partial charge is 0.416 e. The van der Waals surface area contributed by atoms with Crippen molar-refractivity contribution in [3.05, 3.63) is 65.0 Å². The van der Waals surface area contributed by atoms with Crippen LogP contribution in [0.2, 0.25) is 0 Å². The Morgan fingerprint density at radius 1 is 0.967 bits per heavy atom. The number of hydrogen-bond acceptors (Lipinski definition) is 5. The zero-order valence-corrected chi connectivity index (χ0v) is 17.4. The summed E-state index contributed by atoms with van der Waals surface area (Å²) < 4.78 is 0. The van der Waals surface area contributed by atoms with Crippen LogP contribution >= 0.6 is 0 Å². The summed E-state index contributed by atoms with van der Waals surface area (Å²) in [5, 5.41) is 4.24. The minimum absolute atomic E-state index is 0. The van der Waals surface area contributed by atoms with E-state index in [0.29, 0.717) is 6.42 Å². The number of nitrogens with two attached hydrogens (primary N) is 1. The molecule has 2 aliphatic carbocycles. The lowest BCUT2D eigenvalue weighted by molar-refractivity contribution is -0.114. The number of carbonyl (C=O) groups is 1. The molecule has 1 aliphatic heterocycles. The zero-order chi connectivity index (χ0) is 20.3. The van der Waals surface area contributed by atoms with Crippen LogP contribution < -0.4 is 5.90 Å². The summed E-state index contributed by atoms with van der Waals surface area (Å²) >= 11 is 0. The highest BCUT2D eigenvalue weighted by molar-refractivity contribution is 5.98. The Kier molecular flexibility index (Phi) is 10.0.